The van der Waals surface area contributed by atoms with Gasteiger partial charge in [-0.1, -0.05) is 51.2 Å². The molecule has 2 fully saturated rings. The largest absolute Gasteiger partial charge is 0.349 e. The Labute approximate surface area is 139 Å². The highest BCUT2D eigenvalue weighted by Gasteiger charge is 2.61. The van der Waals surface area contributed by atoms with Crippen molar-refractivity contribution in [2.24, 2.45) is 40.4 Å². The molecule has 2 heteroatoms. The van der Waals surface area contributed by atoms with Gasteiger partial charge in [-0.3, -0.25) is 4.79 Å². The van der Waals surface area contributed by atoms with Crippen molar-refractivity contribution in [1.82, 2.24) is 5.32 Å². The van der Waals surface area contributed by atoms with Crippen molar-refractivity contribution < 1.29 is 4.79 Å². The van der Waals surface area contributed by atoms with Crippen LogP contribution in [0.1, 0.15) is 40.0 Å². The molecule has 0 unspecified atom stereocenters. The van der Waals surface area contributed by atoms with E-state index in [9.17, 15) is 4.79 Å². The summed E-state index contributed by atoms with van der Waals surface area (Å²) in [5.74, 6) is 2.96. The van der Waals surface area contributed by atoms with Crippen molar-refractivity contribution in [2.75, 3.05) is 0 Å². The molecule has 5 aliphatic rings. The van der Waals surface area contributed by atoms with Crippen LogP contribution in [0.25, 0.3) is 0 Å². The molecule has 5 rings (SSSR count). The van der Waals surface area contributed by atoms with Crippen molar-refractivity contribution in [1.29, 1.82) is 0 Å². The SMILES string of the molecule is CC1(C)[C@H]2CC[C@@]1(C)[C@H](NC(=O)C1=C[C@@H]3C=C[C@@H]4C=C[C@H]1[C@@H]43)C2. The van der Waals surface area contributed by atoms with E-state index in [1.54, 1.807) is 0 Å². The lowest BCUT2D eigenvalue weighted by Crippen LogP contribution is -2.47. The second-order valence-electron chi connectivity index (χ2n) is 9.29. The van der Waals surface area contributed by atoms with E-state index in [0.717, 1.165) is 11.5 Å². The summed E-state index contributed by atoms with van der Waals surface area (Å²) >= 11 is 0. The third-order valence-corrected chi connectivity index (χ3v) is 8.49. The number of hydrogen-bond acceptors (Lipinski definition) is 1. The minimum atomic E-state index is 0.206. The Hall–Kier alpha value is -1.31. The normalized spacial score (nSPS) is 50.5. The van der Waals surface area contributed by atoms with Gasteiger partial charge in [-0.25, -0.2) is 0 Å². The van der Waals surface area contributed by atoms with E-state index in [4.69, 9.17) is 0 Å². The maximum Gasteiger partial charge on any atom is 0.247 e. The van der Waals surface area contributed by atoms with Crippen LogP contribution in [-0.2, 0) is 4.79 Å². The molecule has 5 aliphatic carbocycles. The zero-order valence-electron chi connectivity index (χ0n) is 14.4. The Morgan fingerprint density at radius 2 is 1.87 bits per heavy atom. The van der Waals surface area contributed by atoms with Crippen LogP contribution in [0.3, 0.4) is 0 Å². The van der Waals surface area contributed by atoms with Crippen molar-refractivity contribution in [3.63, 3.8) is 0 Å². The predicted octanol–water partition coefficient (Wildman–Crippen LogP) is 3.86. The summed E-state index contributed by atoms with van der Waals surface area (Å²) in [6, 6.07) is 0.349. The predicted molar refractivity (Wildman–Crippen MR) is 91.5 cm³/mol. The van der Waals surface area contributed by atoms with Crippen LogP contribution in [0, 0.1) is 40.4 Å². The molecule has 23 heavy (non-hydrogen) atoms. The highest BCUT2D eigenvalue weighted by atomic mass is 16.1. The van der Waals surface area contributed by atoms with Crippen LogP contribution in [0.2, 0.25) is 0 Å². The van der Waals surface area contributed by atoms with Gasteiger partial charge in [0.15, 0.2) is 0 Å². The summed E-state index contributed by atoms with van der Waals surface area (Å²) in [6.45, 7) is 7.22. The van der Waals surface area contributed by atoms with Gasteiger partial charge in [-0.15, -0.1) is 0 Å². The first-order valence-electron chi connectivity index (χ1n) is 9.31. The Kier molecular flexibility index (Phi) is 2.57. The summed E-state index contributed by atoms with van der Waals surface area (Å²) < 4.78 is 0. The van der Waals surface area contributed by atoms with E-state index in [-0.39, 0.29) is 11.3 Å². The molecular formula is C21H27NO. The summed E-state index contributed by atoms with van der Waals surface area (Å²) in [5.41, 5.74) is 1.65. The standard InChI is InChI=1S/C21H27NO/c1-20(2)14-8-9-21(20,3)17(11-14)22-19(23)16-10-13-5-4-12-6-7-15(16)18(12)13/h4-7,10,12-15,17-18H,8-9,11H2,1-3H3,(H,22,23)/t12-,13+,14+,15-,17-,18+,21+/m1/s1. The fourth-order valence-corrected chi connectivity index (χ4v) is 6.50. The number of amides is 1. The van der Waals surface area contributed by atoms with Crippen LogP contribution in [0.15, 0.2) is 36.0 Å². The zero-order chi connectivity index (χ0) is 16.0. The van der Waals surface area contributed by atoms with E-state index >= 15 is 0 Å². The molecule has 0 heterocycles. The van der Waals surface area contributed by atoms with Crippen molar-refractivity contribution in [3.8, 4) is 0 Å². The van der Waals surface area contributed by atoms with Crippen LogP contribution in [-0.4, -0.2) is 11.9 Å². The Morgan fingerprint density at radius 1 is 1.13 bits per heavy atom. The number of allylic oxidation sites excluding steroid dienone is 5. The Morgan fingerprint density at radius 3 is 2.57 bits per heavy atom. The van der Waals surface area contributed by atoms with Crippen LogP contribution in [0.4, 0.5) is 0 Å². The fraction of sp³-hybridized carbons (Fsp3) is 0.667. The molecule has 0 aromatic carbocycles. The molecule has 0 saturated heterocycles. The summed E-state index contributed by atoms with van der Waals surface area (Å²) in [4.78, 5) is 13.0. The molecule has 0 radical (unpaired) electrons. The van der Waals surface area contributed by atoms with Crippen molar-refractivity contribution in [3.05, 3.63) is 36.0 Å². The summed E-state index contributed by atoms with van der Waals surface area (Å²) in [7, 11) is 0. The van der Waals surface area contributed by atoms with Gasteiger partial charge in [-0.05, 0) is 47.8 Å². The van der Waals surface area contributed by atoms with Crippen LogP contribution in [0.5, 0.6) is 0 Å². The van der Waals surface area contributed by atoms with E-state index in [0.29, 0.717) is 35.1 Å². The van der Waals surface area contributed by atoms with Crippen LogP contribution >= 0.6 is 0 Å². The number of hydrogen-bond donors (Lipinski definition) is 1. The topological polar surface area (TPSA) is 29.1 Å². The molecule has 122 valence electrons. The van der Waals surface area contributed by atoms with Crippen LogP contribution < -0.4 is 5.32 Å². The minimum absolute atomic E-state index is 0.206. The molecule has 0 aliphatic heterocycles. The van der Waals surface area contributed by atoms with E-state index in [1.165, 1.54) is 19.3 Å². The quantitative estimate of drug-likeness (QED) is 0.771. The van der Waals surface area contributed by atoms with Gasteiger partial charge in [0.2, 0.25) is 5.91 Å². The number of fused-ring (bicyclic) bond motifs is 2. The molecule has 0 spiro atoms. The van der Waals surface area contributed by atoms with Crippen molar-refractivity contribution in [2.45, 2.75) is 46.1 Å². The molecule has 2 nitrogen and oxygen atoms in total. The monoisotopic (exact) mass is 309 g/mol. The number of carbonyl (C=O) groups excluding carboxylic acids is 1. The smallest absolute Gasteiger partial charge is 0.247 e. The van der Waals surface area contributed by atoms with Gasteiger partial charge in [0.25, 0.3) is 0 Å². The Bertz CT molecular complexity index is 669. The molecule has 0 aromatic heterocycles. The Balaban J connectivity index is 1.38. The van der Waals surface area contributed by atoms with Gasteiger partial charge in [0.05, 0.1) is 0 Å². The van der Waals surface area contributed by atoms with E-state index in [1.807, 2.05) is 0 Å². The highest BCUT2D eigenvalue weighted by molar-refractivity contribution is 5.95. The average molecular weight is 309 g/mol. The molecular weight excluding hydrogens is 282 g/mol. The first-order chi connectivity index (χ1) is 10.9. The molecule has 1 amide bonds. The van der Waals surface area contributed by atoms with Gasteiger partial charge in [0, 0.05) is 23.5 Å². The summed E-state index contributed by atoms with van der Waals surface area (Å²) in [6.07, 6.45) is 15.2. The van der Waals surface area contributed by atoms with Gasteiger partial charge in [0.1, 0.15) is 0 Å². The number of nitrogens with one attached hydrogen (secondary N) is 1. The lowest BCUT2D eigenvalue weighted by atomic mass is 9.69. The van der Waals surface area contributed by atoms with Gasteiger partial charge in [-0.2, -0.15) is 0 Å². The molecule has 1 N–H and O–H groups in total. The second-order valence-corrected chi connectivity index (χ2v) is 9.29. The average Bonchev–Trinajstić information content (AvgIpc) is 3.23. The fourth-order valence-electron chi connectivity index (χ4n) is 6.50. The lowest BCUT2D eigenvalue weighted by Gasteiger charge is -2.39. The molecule has 7 atom stereocenters. The highest BCUT2D eigenvalue weighted by Crippen LogP contribution is 2.65. The van der Waals surface area contributed by atoms with Crippen molar-refractivity contribution >= 4 is 5.91 Å². The third-order valence-electron chi connectivity index (χ3n) is 8.49. The zero-order valence-corrected chi connectivity index (χ0v) is 14.4. The number of rotatable bonds is 2. The first-order valence-corrected chi connectivity index (χ1v) is 9.31. The molecule has 0 aromatic rings. The van der Waals surface area contributed by atoms with Gasteiger partial charge < -0.3 is 5.32 Å². The maximum absolute atomic E-state index is 13.0. The second kappa shape index (κ2) is 4.20. The van der Waals surface area contributed by atoms with E-state index < -0.39 is 0 Å². The molecule has 2 bridgehead atoms. The van der Waals surface area contributed by atoms with E-state index in [2.05, 4.69) is 56.5 Å². The summed E-state index contributed by atoms with van der Waals surface area (Å²) in [5, 5.41) is 3.46. The third kappa shape index (κ3) is 1.58. The maximum atomic E-state index is 13.0. The lowest BCUT2D eigenvalue weighted by molar-refractivity contribution is -0.119. The molecule has 2 saturated carbocycles. The minimum Gasteiger partial charge on any atom is -0.349 e. The van der Waals surface area contributed by atoms with Gasteiger partial charge >= 0.3 is 0 Å². The number of carbonyl (C=O) groups is 1. The first kappa shape index (κ1) is 14.1.